The zero-order chi connectivity index (χ0) is 19.6. The Kier molecular flexibility index (Phi) is 5.77. The Morgan fingerprint density at radius 1 is 0.963 bits per heavy atom. The number of phosphoric ester groups is 1. The average molecular weight is 394 g/mol. The van der Waals surface area contributed by atoms with Gasteiger partial charge in [0.2, 0.25) is 5.75 Å². The van der Waals surface area contributed by atoms with Gasteiger partial charge in [0, 0.05) is 5.56 Å². The topological polar surface area (TPSA) is 94.5 Å². The van der Waals surface area contributed by atoms with E-state index in [0.717, 1.165) is 41.5 Å². The molecule has 0 aliphatic heterocycles. The lowest BCUT2D eigenvalue weighted by Gasteiger charge is -2.20. The molecule has 27 heavy (non-hydrogen) atoms. The van der Waals surface area contributed by atoms with Crippen molar-refractivity contribution in [1.29, 1.82) is 0 Å². The molecule has 1 aliphatic rings. The lowest BCUT2D eigenvalue weighted by Crippen LogP contribution is -2.01. The fourth-order valence-electron chi connectivity index (χ4n) is 3.51. The molecule has 0 atom stereocenters. The number of rotatable bonds is 6. The number of benzene rings is 2. The molecule has 3 rings (SSSR count). The van der Waals surface area contributed by atoms with Crippen molar-refractivity contribution in [3.05, 3.63) is 41.0 Å². The molecular formula is C19H23O7P. The van der Waals surface area contributed by atoms with Crippen molar-refractivity contribution in [3.63, 3.8) is 0 Å². The zero-order valence-electron chi connectivity index (χ0n) is 15.5. The minimum Gasteiger partial charge on any atom is -0.493 e. The van der Waals surface area contributed by atoms with Gasteiger partial charge in [0.05, 0.1) is 27.9 Å². The van der Waals surface area contributed by atoms with Crippen LogP contribution < -0.4 is 14.2 Å². The van der Waals surface area contributed by atoms with Gasteiger partial charge in [-0.2, -0.15) is 0 Å². The zero-order valence-corrected chi connectivity index (χ0v) is 16.4. The van der Waals surface area contributed by atoms with Gasteiger partial charge in [-0.3, -0.25) is 4.52 Å². The van der Waals surface area contributed by atoms with Gasteiger partial charge in [-0.05, 0) is 47.6 Å². The maximum Gasteiger partial charge on any atom is 0.469 e. The van der Waals surface area contributed by atoms with Crippen molar-refractivity contribution in [2.24, 2.45) is 0 Å². The van der Waals surface area contributed by atoms with Crippen molar-refractivity contribution in [1.82, 2.24) is 0 Å². The molecule has 2 N–H and O–H groups in total. The van der Waals surface area contributed by atoms with Crippen LogP contribution in [0.1, 0.15) is 23.1 Å². The second kappa shape index (κ2) is 7.90. The molecule has 0 bridgehead atoms. The SMILES string of the molecule is COc1cc2c(c(OC)c1OC)-c1ccc(COP(=O)(O)O)cc1CCC2. The minimum atomic E-state index is -4.50. The number of methoxy groups -OCH3 is 3. The number of hydrogen-bond acceptors (Lipinski definition) is 5. The van der Waals surface area contributed by atoms with Crippen LogP contribution in [0.3, 0.4) is 0 Å². The van der Waals surface area contributed by atoms with Gasteiger partial charge in [0.15, 0.2) is 11.5 Å². The van der Waals surface area contributed by atoms with Gasteiger partial charge in [0.25, 0.3) is 0 Å². The van der Waals surface area contributed by atoms with Gasteiger partial charge >= 0.3 is 7.82 Å². The Morgan fingerprint density at radius 3 is 2.30 bits per heavy atom. The Hall–Kier alpha value is -2.05. The highest BCUT2D eigenvalue weighted by Gasteiger charge is 2.25. The highest BCUT2D eigenvalue weighted by atomic mass is 31.2. The van der Waals surface area contributed by atoms with E-state index in [2.05, 4.69) is 4.52 Å². The van der Waals surface area contributed by atoms with Crippen molar-refractivity contribution in [2.75, 3.05) is 21.3 Å². The first-order valence-electron chi connectivity index (χ1n) is 8.52. The fourth-order valence-corrected chi connectivity index (χ4v) is 3.83. The van der Waals surface area contributed by atoms with Gasteiger partial charge in [0.1, 0.15) is 0 Å². The van der Waals surface area contributed by atoms with E-state index in [-0.39, 0.29) is 6.61 Å². The minimum absolute atomic E-state index is 0.145. The Morgan fingerprint density at radius 2 is 1.67 bits per heavy atom. The highest BCUT2D eigenvalue weighted by Crippen LogP contribution is 2.49. The van der Waals surface area contributed by atoms with Crippen LogP contribution in [0.2, 0.25) is 0 Å². The van der Waals surface area contributed by atoms with Crippen LogP contribution in [0, 0.1) is 0 Å². The molecular weight excluding hydrogens is 371 g/mol. The first-order chi connectivity index (χ1) is 12.9. The summed E-state index contributed by atoms with van der Waals surface area (Å²) in [5.74, 6) is 1.79. The van der Waals surface area contributed by atoms with E-state index in [1.54, 1.807) is 27.4 Å². The summed E-state index contributed by atoms with van der Waals surface area (Å²) in [6.45, 7) is -0.145. The summed E-state index contributed by atoms with van der Waals surface area (Å²) in [5, 5.41) is 0. The summed E-state index contributed by atoms with van der Waals surface area (Å²) in [6.07, 6.45) is 2.62. The van der Waals surface area contributed by atoms with E-state index < -0.39 is 7.82 Å². The summed E-state index contributed by atoms with van der Waals surface area (Å²) >= 11 is 0. The maximum absolute atomic E-state index is 11.0. The third kappa shape index (κ3) is 4.12. The molecule has 2 aromatic carbocycles. The van der Waals surface area contributed by atoms with Crippen molar-refractivity contribution in [3.8, 4) is 28.4 Å². The molecule has 0 amide bonds. The molecule has 0 saturated carbocycles. The third-order valence-corrected chi connectivity index (χ3v) is 5.11. The average Bonchev–Trinajstić information content (AvgIpc) is 2.82. The van der Waals surface area contributed by atoms with Gasteiger partial charge in [-0.25, -0.2) is 4.57 Å². The molecule has 7 nitrogen and oxygen atoms in total. The van der Waals surface area contributed by atoms with E-state index in [4.69, 9.17) is 24.0 Å². The van der Waals surface area contributed by atoms with Crippen LogP contribution in [-0.2, 0) is 28.5 Å². The molecule has 146 valence electrons. The predicted octanol–water partition coefficient (Wildman–Crippen LogP) is 3.48. The Bertz CT molecular complexity index is 888. The molecule has 1 aliphatic carbocycles. The Labute approximate surface area is 158 Å². The standard InChI is InChI=1S/C19H23O7P/c1-23-16-10-14-6-4-5-13-9-12(11-26-27(20,21)22)7-8-15(13)17(14)19(25-3)18(16)24-2/h7-10H,4-6,11H2,1-3H3,(H2,20,21,22). The summed E-state index contributed by atoms with van der Waals surface area (Å²) in [6, 6.07) is 7.65. The van der Waals surface area contributed by atoms with Gasteiger partial charge in [-0.1, -0.05) is 18.2 Å². The molecule has 0 aromatic heterocycles. The summed E-state index contributed by atoms with van der Waals surface area (Å²) in [5.41, 5.74) is 4.87. The third-order valence-electron chi connectivity index (χ3n) is 4.64. The highest BCUT2D eigenvalue weighted by molar-refractivity contribution is 7.46. The van der Waals surface area contributed by atoms with Crippen LogP contribution >= 0.6 is 7.82 Å². The first-order valence-corrected chi connectivity index (χ1v) is 10.0. The largest absolute Gasteiger partial charge is 0.493 e. The number of aryl methyl sites for hydroxylation is 2. The van der Waals surface area contributed by atoms with Crippen LogP contribution in [0.15, 0.2) is 24.3 Å². The second-order valence-electron chi connectivity index (χ2n) is 6.29. The summed E-state index contributed by atoms with van der Waals surface area (Å²) in [7, 11) is 0.272. The number of fused-ring (bicyclic) bond motifs is 3. The predicted molar refractivity (Wildman–Crippen MR) is 100 cm³/mol. The molecule has 8 heteroatoms. The normalized spacial score (nSPS) is 13.4. The van der Waals surface area contributed by atoms with Crippen molar-refractivity contribution >= 4 is 7.82 Å². The molecule has 0 heterocycles. The molecule has 0 saturated heterocycles. The van der Waals surface area contributed by atoms with Crippen LogP contribution in [0.25, 0.3) is 11.1 Å². The maximum atomic E-state index is 11.0. The second-order valence-corrected chi connectivity index (χ2v) is 7.53. The lowest BCUT2D eigenvalue weighted by molar-refractivity contribution is 0.189. The fraction of sp³-hybridized carbons (Fsp3) is 0.368. The quantitative estimate of drug-likeness (QED) is 0.725. The van der Waals surface area contributed by atoms with Gasteiger partial charge < -0.3 is 24.0 Å². The Balaban J connectivity index is 2.11. The van der Waals surface area contributed by atoms with Crippen molar-refractivity contribution < 1.29 is 33.1 Å². The molecule has 0 fully saturated rings. The van der Waals surface area contributed by atoms with Gasteiger partial charge in [-0.15, -0.1) is 0 Å². The van der Waals surface area contributed by atoms with E-state index in [9.17, 15) is 4.57 Å². The molecule has 2 aromatic rings. The van der Waals surface area contributed by atoms with E-state index in [1.807, 2.05) is 18.2 Å². The smallest absolute Gasteiger partial charge is 0.469 e. The van der Waals surface area contributed by atoms with Crippen LogP contribution in [0.4, 0.5) is 0 Å². The van der Waals surface area contributed by atoms with E-state index in [0.29, 0.717) is 22.8 Å². The van der Waals surface area contributed by atoms with E-state index in [1.165, 1.54) is 0 Å². The van der Waals surface area contributed by atoms with E-state index >= 15 is 0 Å². The molecule has 0 unspecified atom stereocenters. The van der Waals surface area contributed by atoms with Crippen LogP contribution in [0.5, 0.6) is 17.2 Å². The number of hydrogen-bond donors (Lipinski definition) is 2. The molecule has 0 spiro atoms. The summed E-state index contributed by atoms with van der Waals surface area (Å²) < 4.78 is 32.2. The number of ether oxygens (including phenoxy) is 3. The van der Waals surface area contributed by atoms with Crippen molar-refractivity contribution in [2.45, 2.75) is 25.9 Å². The monoisotopic (exact) mass is 394 g/mol. The lowest BCUT2D eigenvalue weighted by atomic mass is 9.93. The van der Waals surface area contributed by atoms with Crippen LogP contribution in [-0.4, -0.2) is 31.1 Å². The summed E-state index contributed by atoms with van der Waals surface area (Å²) in [4.78, 5) is 17.8. The molecule has 0 radical (unpaired) electrons. The first kappa shape index (κ1) is 19.7. The number of phosphoric acid groups is 1.